The lowest BCUT2D eigenvalue weighted by Gasteiger charge is -2.01. The largest absolute Gasteiger partial charge is 0.294 e. The first-order valence-corrected chi connectivity index (χ1v) is 4.52. The quantitative estimate of drug-likeness (QED) is 0.636. The number of carbonyl (C=O) groups is 1. The molecule has 1 aliphatic carbocycles. The Labute approximate surface area is 78.1 Å². The molecule has 1 aromatic carbocycles. The fourth-order valence-corrected chi connectivity index (χ4v) is 1.93. The van der Waals surface area contributed by atoms with E-state index < -0.39 is 0 Å². The number of hydrogen-bond acceptors (Lipinski definition) is 1. The van der Waals surface area contributed by atoms with Crippen molar-refractivity contribution in [2.45, 2.75) is 13.3 Å². The van der Waals surface area contributed by atoms with Crippen LogP contribution >= 0.6 is 0 Å². The highest BCUT2D eigenvalue weighted by Gasteiger charge is 2.28. The Morgan fingerprint density at radius 3 is 3.00 bits per heavy atom. The number of rotatable bonds is 1. The van der Waals surface area contributed by atoms with Crippen LogP contribution in [-0.2, 0) is 6.42 Å². The molecule has 1 nitrogen and oxygen atoms in total. The second-order valence-corrected chi connectivity index (χ2v) is 3.55. The van der Waals surface area contributed by atoms with Gasteiger partial charge in [-0.05, 0) is 17.5 Å². The van der Waals surface area contributed by atoms with Gasteiger partial charge in [0.25, 0.3) is 0 Å². The molecule has 0 N–H and O–H groups in total. The van der Waals surface area contributed by atoms with Crippen molar-refractivity contribution in [3.8, 4) is 0 Å². The third-order valence-electron chi connectivity index (χ3n) is 2.62. The van der Waals surface area contributed by atoms with Crippen LogP contribution in [0.2, 0.25) is 0 Å². The lowest BCUT2D eigenvalue weighted by Crippen LogP contribution is -2.04. The van der Waals surface area contributed by atoms with Gasteiger partial charge in [-0.1, -0.05) is 37.8 Å². The van der Waals surface area contributed by atoms with E-state index in [9.17, 15) is 4.79 Å². The molecular formula is C12H12O. The molecular weight excluding hydrogens is 160 g/mol. The molecule has 0 saturated heterocycles. The van der Waals surface area contributed by atoms with Crippen LogP contribution in [0.1, 0.15) is 28.4 Å². The average molecular weight is 172 g/mol. The van der Waals surface area contributed by atoms with E-state index in [4.69, 9.17) is 0 Å². The van der Waals surface area contributed by atoms with Crippen LogP contribution in [-0.4, -0.2) is 5.78 Å². The number of carbonyl (C=O) groups excluding carboxylic acids is 1. The van der Waals surface area contributed by atoms with Gasteiger partial charge in [0.15, 0.2) is 5.78 Å². The van der Waals surface area contributed by atoms with E-state index in [1.165, 1.54) is 5.56 Å². The standard InChI is InChI=1S/C12H12O/c1-3-9-5-4-6-10-7-8(2)12(13)11(9)10/h3-6,8H,1,7H2,2H3. The van der Waals surface area contributed by atoms with Crippen molar-refractivity contribution < 1.29 is 4.79 Å². The van der Waals surface area contributed by atoms with Gasteiger partial charge in [0, 0.05) is 11.5 Å². The van der Waals surface area contributed by atoms with E-state index in [1.807, 2.05) is 25.1 Å². The van der Waals surface area contributed by atoms with E-state index in [1.54, 1.807) is 6.08 Å². The minimum Gasteiger partial charge on any atom is -0.294 e. The van der Waals surface area contributed by atoms with E-state index in [2.05, 4.69) is 6.58 Å². The zero-order chi connectivity index (χ0) is 9.42. The highest BCUT2D eigenvalue weighted by Crippen LogP contribution is 2.29. The van der Waals surface area contributed by atoms with Crippen LogP contribution in [0, 0.1) is 5.92 Å². The summed E-state index contributed by atoms with van der Waals surface area (Å²) in [6.45, 7) is 5.70. The Morgan fingerprint density at radius 2 is 2.31 bits per heavy atom. The van der Waals surface area contributed by atoms with E-state index in [0.717, 1.165) is 17.5 Å². The summed E-state index contributed by atoms with van der Waals surface area (Å²) in [5.74, 6) is 0.418. The Balaban J connectivity index is 2.64. The van der Waals surface area contributed by atoms with Crippen LogP contribution < -0.4 is 0 Å². The first-order valence-electron chi connectivity index (χ1n) is 4.52. The van der Waals surface area contributed by atoms with Gasteiger partial charge in [-0.25, -0.2) is 0 Å². The first-order chi connectivity index (χ1) is 6.24. The average Bonchev–Trinajstić information content (AvgIpc) is 2.43. The summed E-state index contributed by atoms with van der Waals surface area (Å²) >= 11 is 0. The van der Waals surface area contributed by atoms with E-state index in [-0.39, 0.29) is 11.7 Å². The van der Waals surface area contributed by atoms with Gasteiger partial charge in [0.05, 0.1) is 0 Å². The van der Waals surface area contributed by atoms with Crippen molar-refractivity contribution in [1.82, 2.24) is 0 Å². The highest BCUT2D eigenvalue weighted by atomic mass is 16.1. The molecule has 0 aromatic heterocycles. The summed E-state index contributed by atoms with van der Waals surface area (Å²) in [6, 6.07) is 5.96. The second-order valence-electron chi connectivity index (χ2n) is 3.55. The normalized spacial score (nSPS) is 20.1. The molecule has 1 aromatic rings. The number of benzene rings is 1. The van der Waals surface area contributed by atoms with E-state index in [0.29, 0.717) is 0 Å². The van der Waals surface area contributed by atoms with Gasteiger partial charge in [-0.15, -0.1) is 0 Å². The van der Waals surface area contributed by atoms with Crippen molar-refractivity contribution in [1.29, 1.82) is 0 Å². The predicted octanol–water partition coefficient (Wildman–Crippen LogP) is 2.70. The molecule has 0 saturated carbocycles. The summed E-state index contributed by atoms with van der Waals surface area (Å²) in [6.07, 6.45) is 2.64. The van der Waals surface area contributed by atoms with Crippen molar-refractivity contribution in [2.75, 3.05) is 0 Å². The number of Topliss-reactive ketones (excluding diaryl/α,β-unsaturated/α-hetero) is 1. The molecule has 66 valence electrons. The summed E-state index contributed by atoms with van der Waals surface area (Å²) in [5.41, 5.74) is 3.05. The van der Waals surface area contributed by atoms with Gasteiger partial charge in [0.1, 0.15) is 0 Å². The van der Waals surface area contributed by atoms with Gasteiger partial charge in [-0.3, -0.25) is 4.79 Å². The maximum absolute atomic E-state index is 11.7. The third-order valence-corrected chi connectivity index (χ3v) is 2.62. The van der Waals surface area contributed by atoms with Crippen LogP contribution in [0.25, 0.3) is 6.08 Å². The first kappa shape index (κ1) is 8.24. The minimum absolute atomic E-state index is 0.149. The SMILES string of the molecule is C=Cc1cccc2c1C(=O)C(C)C2. The Bertz CT molecular complexity index is 377. The van der Waals surface area contributed by atoms with Gasteiger partial charge in [0.2, 0.25) is 0 Å². The Hall–Kier alpha value is -1.37. The molecule has 1 unspecified atom stereocenters. The maximum Gasteiger partial charge on any atom is 0.166 e. The number of fused-ring (bicyclic) bond motifs is 1. The summed E-state index contributed by atoms with van der Waals surface area (Å²) < 4.78 is 0. The molecule has 0 heterocycles. The topological polar surface area (TPSA) is 17.1 Å². The molecule has 0 amide bonds. The van der Waals surface area contributed by atoms with Gasteiger partial charge >= 0.3 is 0 Å². The molecule has 2 rings (SSSR count). The van der Waals surface area contributed by atoms with Crippen LogP contribution in [0.4, 0.5) is 0 Å². The zero-order valence-corrected chi connectivity index (χ0v) is 7.71. The highest BCUT2D eigenvalue weighted by molar-refractivity contribution is 6.04. The number of hydrogen-bond donors (Lipinski definition) is 0. The summed E-state index contributed by atoms with van der Waals surface area (Å²) in [5, 5.41) is 0. The van der Waals surface area contributed by atoms with Gasteiger partial charge in [-0.2, -0.15) is 0 Å². The molecule has 0 aliphatic heterocycles. The minimum atomic E-state index is 0.149. The monoisotopic (exact) mass is 172 g/mol. The fraction of sp³-hybridized carbons (Fsp3) is 0.250. The molecule has 1 aliphatic rings. The second kappa shape index (κ2) is 2.84. The molecule has 0 bridgehead atoms. The van der Waals surface area contributed by atoms with Crippen LogP contribution in [0.15, 0.2) is 24.8 Å². The third kappa shape index (κ3) is 1.12. The number of ketones is 1. The summed E-state index contributed by atoms with van der Waals surface area (Å²) in [4.78, 5) is 11.7. The van der Waals surface area contributed by atoms with Crippen molar-refractivity contribution in [3.63, 3.8) is 0 Å². The molecule has 13 heavy (non-hydrogen) atoms. The molecule has 0 radical (unpaired) electrons. The predicted molar refractivity (Wildman–Crippen MR) is 53.7 cm³/mol. The molecule has 1 atom stereocenters. The fourth-order valence-electron chi connectivity index (χ4n) is 1.93. The zero-order valence-electron chi connectivity index (χ0n) is 7.71. The van der Waals surface area contributed by atoms with E-state index >= 15 is 0 Å². The lowest BCUT2D eigenvalue weighted by molar-refractivity contribution is 0.0946. The Kier molecular flexibility index (Phi) is 1.80. The lowest BCUT2D eigenvalue weighted by atomic mass is 10.0. The van der Waals surface area contributed by atoms with Crippen molar-refractivity contribution in [2.24, 2.45) is 5.92 Å². The van der Waals surface area contributed by atoms with Crippen LogP contribution in [0.5, 0.6) is 0 Å². The maximum atomic E-state index is 11.7. The smallest absolute Gasteiger partial charge is 0.166 e. The molecule has 0 spiro atoms. The molecule has 1 heteroatoms. The Morgan fingerprint density at radius 1 is 1.54 bits per heavy atom. The van der Waals surface area contributed by atoms with Crippen molar-refractivity contribution >= 4 is 11.9 Å². The van der Waals surface area contributed by atoms with Crippen molar-refractivity contribution in [3.05, 3.63) is 41.5 Å². The summed E-state index contributed by atoms with van der Waals surface area (Å²) in [7, 11) is 0. The van der Waals surface area contributed by atoms with Crippen LogP contribution in [0.3, 0.4) is 0 Å². The molecule has 0 fully saturated rings. The van der Waals surface area contributed by atoms with Gasteiger partial charge < -0.3 is 0 Å².